The molecule has 160 valence electrons. The zero-order valence-corrected chi connectivity index (χ0v) is 18.9. The summed E-state index contributed by atoms with van der Waals surface area (Å²) in [5, 5.41) is 0.756. The first-order valence-corrected chi connectivity index (χ1v) is 11.3. The van der Waals surface area contributed by atoms with Gasteiger partial charge in [-0.3, -0.25) is 9.36 Å². The second kappa shape index (κ2) is 8.78. The average Bonchev–Trinajstić information content (AvgIpc) is 3.18. The van der Waals surface area contributed by atoms with Crippen molar-refractivity contribution in [2.45, 2.75) is 38.6 Å². The quantitative estimate of drug-likeness (QED) is 0.597. The van der Waals surface area contributed by atoms with Gasteiger partial charge in [0.1, 0.15) is 10.7 Å². The summed E-state index contributed by atoms with van der Waals surface area (Å²) in [5.41, 5.74) is 1.15. The van der Waals surface area contributed by atoms with Crippen LogP contribution in [0.2, 0.25) is 0 Å². The Morgan fingerprint density at radius 3 is 2.53 bits per heavy atom. The molecule has 0 spiro atoms. The van der Waals surface area contributed by atoms with Crippen LogP contribution >= 0.6 is 11.3 Å². The average molecular weight is 428 g/mol. The smallest absolute Gasteiger partial charge is 0.262 e. The van der Waals surface area contributed by atoms with E-state index >= 15 is 0 Å². The Bertz CT molecular complexity index is 1100. The van der Waals surface area contributed by atoms with Crippen LogP contribution in [0.3, 0.4) is 0 Å². The SMILES string of the molecule is CCc1cc2c(=O)n(C3CCN(C)CC3)c(Cc3ccc(OC)c(OC)c3)nc2s1. The zero-order chi connectivity index (χ0) is 21.3. The van der Waals surface area contributed by atoms with Crippen LogP contribution in [0.15, 0.2) is 29.1 Å². The molecule has 2 aromatic heterocycles. The molecule has 1 aromatic carbocycles. The molecule has 0 atom stereocenters. The molecule has 30 heavy (non-hydrogen) atoms. The minimum Gasteiger partial charge on any atom is -0.493 e. The predicted molar refractivity (Wildman–Crippen MR) is 121 cm³/mol. The number of benzene rings is 1. The molecule has 1 fully saturated rings. The van der Waals surface area contributed by atoms with E-state index in [1.54, 1.807) is 25.6 Å². The summed E-state index contributed by atoms with van der Waals surface area (Å²) in [6.07, 6.45) is 3.43. The van der Waals surface area contributed by atoms with E-state index in [0.29, 0.717) is 17.9 Å². The van der Waals surface area contributed by atoms with Crippen LogP contribution < -0.4 is 15.0 Å². The monoisotopic (exact) mass is 427 g/mol. The number of rotatable bonds is 6. The molecule has 0 bridgehead atoms. The molecule has 3 heterocycles. The van der Waals surface area contributed by atoms with Gasteiger partial charge in [-0.15, -0.1) is 11.3 Å². The molecule has 3 aromatic rings. The molecule has 0 unspecified atom stereocenters. The van der Waals surface area contributed by atoms with Crippen molar-refractivity contribution in [3.63, 3.8) is 0 Å². The van der Waals surface area contributed by atoms with Crippen molar-refractivity contribution in [1.82, 2.24) is 14.5 Å². The van der Waals surface area contributed by atoms with Crippen molar-refractivity contribution >= 4 is 21.6 Å². The number of hydrogen-bond donors (Lipinski definition) is 0. The molecule has 0 saturated carbocycles. The van der Waals surface area contributed by atoms with E-state index in [0.717, 1.165) is 54.0 Å². The molecule has 0 N–H and O–H groups in total. The van der Waals surface area contributed by atoms with E-state index in [1.165, 1.54) is 4.88 Å². The molecule has 6 nitrogen and oxygen atoms in total. The summed E-state index contributed by atoms with van der Waals surface area (Å²) >= 11 is 1.63. The fourth-order valence-electron chi connectivity index (χ4n) is 4.19. The van der Waals surface area contributed by atoms with Crippen molar-refractivity contribution in [1.29, 1.82) is 0 Å². The lowest BCUT2D eigenvalue weighted by molar-refractivity contribution is 0.216. The Balaban J connectivity index is 1.80. The van der Waals surface area contributed by atoms with Gasteiger partial charge in [-0.05, 0) is 63.2 Å². The number of thiophene rings is 1. The predicted octanol–water partition coefficient (Wildman–Crippen LogP) is 3.90. The normalized spacial score (nSPS) is 15.6. The van der Waals surface area contributed by atoms with Gasteiger partial charge in [0.15, 0.2) is 11.5 Å². The Labute approximate surface area is 181 Å². The minimum atomic E-state index is 0.0981. The molecule has 0 radical (unpaired) electrons. The maximum absolute atomic E-state index is 13.5. The number of hydrogen-bond acceptors (Lipinski definition) is 6. The van der Waals surface area contributed by atoms with E-state index in [-0.39, 0.29) is 11.6 Å². The van der Waals surface area contributed by atoms with Gasteiger partial charge in [-0.2, -0.15) is 0 Å². The van der Waals surface area contributed by atoms with Gasteiger partial charge < -0.3 is 14.4 Å². The summed E-state index contributed by atoms with van der Waals surface area (Å²) in [4.78, 5) is 22.9. The summed E-state index contributed by atoms with van der Waals surface area (Å²) < 4.78 is 12.8. The van der Waals surface area contributed by atoms with Gasteiger partial charge in [0.2, 0.25) is 0 Å². The standard InChI is InChI=1S/C23H29N3O3S/c1-5-17-14-18-22(30-17)24-21(13-15-6-7-19(28-3)20(12-15)29-4)26(23(18)27)16-8-10-25(2)11-9-16/h6-7,12,14,16H,5,8-11,13H2,1-4H3. The lowest BCUT2D eigenvalue weighted by atomic mass is 10.0. The van der Waals surface area contributed by atoms with Gasteiger partial charge >= 0.3 is 0 Å². The van der Waals surface area contributed by atoms with Gasteiger partial charge in [0.25, 0.3) is 5.56 Å². The van der Waals surface area contributed by atoms with Gasteiger partial charge in [-0.1, -0.05) is 13.0 Å². The number of likely N-dealkylation sites (tertiary alicyclic amines) is 1. The number of piperidine rings is 1. The zero-order valence-electron chi connectivity index (χ0n) is 18.1. The second-order valence-corrected chi connectivity index (χ2v) is 9.00. The maximum Gasteiger partial charge on any atom is 0.262 e. The van der Waals surface area contributed by atoms with E-state index in [2.05, 4.69) is 18.9 Å². The third kappa shape index (κ3) is 3.96. The number of aromatic nitrogens is 2. The van der Waals surface area contributed by atoms with Crippen LogP contribution in [0.25, 0.3) is 10.2 Å². The third-order valence-electron chi connectivity index (χ3n) is 5.93. The van der Waals surface area contributed by atoms with Crippen LogP contribution in [0.4, 0.5) is 0 Å². The summed E-state index contributed by atoms with van der Waals surface area (Å²) in [7, 11) is 5.41. The number of nitrogens with zero attached hydrogens (tertiary/aromatic N) is 3. The first-order valence-electron chi connectivity index (χ1n) is 10.5. The van der Waals surface area contributed by atoms with Crippen molar-refractivity contribution in [3.05, 3.63) is 50.9 Å². The Hall–Kier alpha value is -2.38. The van der Waals surface area contributed by atoms with Crippen molar-refractivity contribution < 1.29 is 9.47 Å². The number of methoxy groups -OCH3 is 2. The fraction of sp³-hybridized carbons (Fsp3) is 0.478. The minimum absolute atomic E-state index is 0.0981. The molecule has 1 saturated heterocycles. The van der Waals surface area contributed by atoms with Gasteiger partial charge in [0, 0.05) is 17.3 Å². The highest BCUT2D eigenvalue weighted by Crippen LogP contribution is 2.30. The van der Waals surface area contributed by atoms with Crippen LogP contribution in [0.1, 0.15) is 42.1 Å². The first kappa shape index (κ1) is 20.9. The summed E-state index contributed by atoms with van der Waals surface area (Å²) in [6.45, 7) is 4.11. The first-order chi connectivity index (χ1) is 14.5. The Morgan fingerprint density at radius 2 is 1.87 bits per heavy atom. The van der Waals surface area contributed by atoms with Gasteiger partial charge in [0.05, 0.1) is 19.6 Å². The molecule has 4 rings (SSSR count). The van der Waals surface area contributed by atoms with Crippen molar-refractivity contribution in [2.75, 3.05) is 34.4 Å². The van der Waals surface area contributed by atoms with Crippen LogP contribution in [0.5, 0.6) is 11.5 Å². The molecule has 1 aliphatic rings. The summed E-state index contributed by atoms with van der Waals surface area (Å²) in [5.74, 6) is 2.22. The van der Waals surface area contributed by atoms with E-state index in [1.807, 2.05) is 28.8 Å². The molecule has 1 aliphatic heterocycles. The second-order valence-electron chi connectivity index (χ2n) is 7.89. The molecular formula is C23H29N3O3S. The fourth-order valence-corrected chi connectivity index (χ4v) is 5.16. The Kier molecular flexibility index (Phi) is 6.11. The van der Waals surface area contributed by atoms with Crippen LogP contribution in [-0.2, 0) is 12.8 Å². The molecule has 0 amide bonds. The van der Waals surface area contributed by atoms with Gasteiger partial charge in [-0.25, -0.2) is 4.98 Å². The lowest BCUT2D eigenvalue weighted by Crippen LogP contribution is -2.37. The van der Waals surface area contributed by atoms with Crippen molar-refractivity contribution in [3.8, 4) is 11.5 Å². The number of ether oxygens (including phenoxy) is 2. The van der Waals surface area contributed by atoms with Crippen molar-refractivity contribution in [2.24, 2.45) is 0 Å². The molecule has 0 aliphatic carbocycles. The highest BCUT2D eigenvalue weighted by Gasteiger charge is 2.24. The largest absolute Gasteiger partial charge is 0.493 e. The maximum atomic E-state index is 13.5. The molecular weight excluding hydrogens is 398 g/mol. The van der Waals surface area contributed by atoms with E-state index in [9.17, 15) is 4.79 Å². The number of fused-ring (bicyclic) bond motifs is 1. The summed E-state index contributed by atoms with van der Waals surface area (Å²) in [6, 6.07) is 8.11. The Morgan fingerprint density at radius 1 is 1.13 bits per heavy atom. The highest BCUT2D eigenvalue weighted by molar-refractivity contribution is 7.18. The van der Waals surface area contributed by atoms with Crippen LogP contribution in [0, 0.1) is 0 Å². The van der Waals surface area contributed by atoms with E-state index < -0.39 is 0 Å². The lowest BCUT2D eigenvalue weighted by Gasteiger charge is -2.31. The topological polar surface area (TPSA) is 56.6 Å². The van der Waals surface area contributed by atoms with E-state index in [4.69, 9.17) is 14.5 Å². The van der Waals surface area contributed by atoms with Crippen LogP contribution in [-0.4, -0.2) is 48.8 Å². The number of aryl methyl sites for hydroxylation is 1. The molecule has 7 heteroatoms. The third-order valence-corrected chi connectivity index (χ3v) is 7.11. The highest BCUT2D eigenvalue weighted by atomic mass is 32.1.